The molecule has 1 N–H and O–H groups in total. The largest absolute Gasteiger partial charge is 0.476 e. The highest BCUT2D eigenvalue weighted by Gasteiger charge is 2.54. The first-order chi connectivity index (χ1) is 11.9. The predicted molar refractivity (Wildman–Crippen MR) is 95.5 cm³/mol. The van der Waals surface area contributed by atoms with Gasteiger partial charge in [0, 0.05) is 11.4 Å². The van der Waals surface area contributed by atoms with E-state index in [0.29, 0.717) is 29.8 Å². The zero-order valence-corrected chi connectivity index (χ0v) is 14.8. The summed E-state index contributed by atoms with van der Waals surface area (Å²) in [5.74, 6) is -2.70. The van der Waals surface area contributed by atoms with Gasteiger partial charge in [-0.15, -0.1) is 5.10 Å². The first-order valence-corrected chi connectivity index (χ1v) is 8.49. The van der Waals surface area contributed by atoms with Crippen LogP contribution in [0.25, 0.3) is 0 Å². The Labute approximate surface area is 150 Å². The summed E-state index contributed by atoms with van der Waals surface area (Å²) in [5, 5.41) is 17.3. The standard InChI is InChI=1S/C18H19ClN2O4/c1-3-5-13-18(14(22)6-4-2,11-7-9-12(19)10-8-11)16(23)15(17(24)25)21-20-13/h7-10H,3-6H2,1-2H3,(H,24,25). The van der Waals surface area contributed by atoms with E-state index in [2.05, 4.69) is 10.2 Å². The van der Waals surface area contributed by atoms with Gasteiger partial charge < -0.3 is 5.11 Å². The number of aliphatic carboxylic acids is 1. The van der Waals surface area contributed by atoms with E-state index in [4.69, 9.17) is 11.6 Å². The first-order valence-electron chi connectivity index (χ1n) is 8.11. The Balaban J connectivity index is 2.78. The summed E-state index contributed by atoms with van der Waals surface area (Å²) >= 11 is 5.93. The second kappa shape index (κ2) is 7.70. The van der Waals surface area contributed by atoms with Crippen LogP contribution < -0.4 is 0 Å². The quantitative estimate of drug-likeness (QED) is 0.753. The average Bonchev–Trinajstić information content (AvgIpc) is 2.56. The molecule has 0 aromatic heterocycles. The van der Waals surface area contributed by atoms with Crippen molar-refractivity contribution in [3.05, 3.63) is 34.9 Å². The number of carboxylic acids is 1. The Kier molecular flexibility index (Phi) is 5.85. The number of carbonyl (C=O) groups excluding carboxylic acids is 2. The third kappa shape index (κ3) is 3.26. The van der Waals surface area contributed by atoms with E-state index in [1.54, 1.807) is 24.3 Å². The van der Waals surface area contributed by atoms with Gasteiger partial charge in [0.15, 0.2) is 11.2 Å². The molecule has 0 saturated carbocycles. The van der Waals surface area contributed by atoms with Crippen molar-refractivity contribution in [2.75, 3.05) is 0 Å². The molecule has 0 aliphatic carbocycles. The van der Waals surface area contributed by atoms with Crippen LogP contribution >= 0.6 is 11.6 Å². The Morgan fingerprint density at radius 3 is 2.28 bits per heavy atom. The molecule has 7 heteroatoms. The maximum Gasteiger partial charge on any atom is 0.360 e. The Hall–Kier alpha value is -2.34. The summed E-state index contributed by atoms with van der Waals surface area (Å²) in [5.41, 5.74) is -1.81. The number of Topliss-reactive ketones (excluding diaryl/α,β-unsaturated/α-hetero) is 2. The van der Waals surface area contributed by atoms with Crippen molar-refractivity contribution in [2.24, 2.45) is 10.2 Å². The number of halogens is 1. The molecule has 2 rings (SSSR count). The van der Waals surface area contributed by atoms with Crippen LogP contribution in [0.2, 0.25) is 5.02 Å². The van der Waals surface area contributed by atoms with Gasteiger partial charge in [0.2, 0.25) is 11.5 Å². The molecule has 0 bridgehead atoms. The third-order valence-corrected chi connectivity index (χ3v) is 4.37. The van der Waals surface area contributed by atoms with Gasteiger partial charge in [0.25, 0.3) is 0 Å². The minimum Gasteiger partial charge on any atom is -0.476 e. The van der Waals surface area contributed by atoms with Crippen molar-refractivity contribution >= 4 is 40.6 Å². The molecular weight excluding hydrogens is 344 g/mol. The molecule has 132 valence electrons. The summed E-state index contributed by atoms with van der Waals surface area (Å²) in [6, 6.07) is 6.29. The number of benzene rings is 1. The fraction of sp³-hybridized carbons (Fsp3) is 0.389. The van der Waals surface area contributed by atoms with Gasteiger partial charge >= 0.3 is 5.97 Å². The molecule has 0 spiro atoms. The van der Waals surface area contributed by atoms with E-state index < -0.39 is 22.9 Å². The molecule has 1 aliphatic heterocycles. The van der Waals surface area contributed by atoms with Crippen LogP contribution in [0.15, 0.2) is 34.5 Å². The van der Waals surface area contributed by atoms with Crippen molar-refractivity contribution in [3.8, 4) is 0 Å². The molecule has 25 heavy (non-hydrogen) atoms. The van der Waals surface area contributed by atoms with E-state index in [1.165, 1.54) is 0 Å². The van der Waals surface area contributed by atoms with Gasteiger partial charge in [0.1, 0.15) is 0 Å². The molecule has 1 aliphatic rings. The highest BCUT2D eigenvalue weighted by Crippen LogP contribution is 2.35. The lowest BCUT2D eigenvalue weighted by Crippen LogP contribution is -2.56. The van der Waals surface area contributed by atoms with Gasteiger partial charge in [-0.05, 0) is 30.5 Å². The molecule has 0 radical (unpaired) electrons. The molecule has 1 unspecified atom stereocenters. The zero-order chi connectivity index (χ0) is 18.6. The SMILES string of the molecule is CCCC(=O)C1(c2ccc(Cl)cc2)C(=O)C(C(=O)O)=NN=C1CCC. The van der Waals surface area contributed by atoms with Crippen molar-refractivity contribution < 1.29 is 19.5 Å². The van der Waals surface area contributed by atoms with E-state index in [0.717, 1.165) is 0 Å². The number of hydrogen-bond donors (Lipinski definition) is 1. The van der Waals surface area contributed by atoms with Crippen LogP contribution in [0.4, 0.5) is 0 Å². The highest BCUT2D eigenvalue weighted by molar-refractivity contribution is 6.70. The molecule has 1 atom stereocenters. The van der Waals surface area contributed by atoms with Crippen molar-refractivity contribution in [1.29, 1.82) is 0 Å². The normalized spacial score (nSPS) is 20.0. The molecule has 1 heterocycles. The summed E-state index contributed by atoms with van der Waals surface area (Å²) in [6.07, 6.45) is 1.66. The number of carboxylic acid groups (broad SMARTS) is 1. The molecule has 0 fully saturated rings. The van der Waals surface area contributed by atoms with Crippen LogP contribution in [-0.4, -0.2) is 34.1 Å². The van der Waals surface area contributed by atoms with Crippen molar-refractivity contribution in [2.45, 2.75) is 44.9 Å². The summed E-state index contributed by atoms with van der Waals surface area (Å²) in [4.78, 5) is 37.6. The minimum absolute atomic E-state index is 0.129. The van der Waals surface area contributed by atoms with Gasteiger partial charge in [-0.2, -0.15) is 5.10 Å². The Morgan fingerprint density at radius 2 is 1.76 bits per heavy atom. The Bertz CT molecular complexity index is 768. The van der Waals surface area contributed by atoms with Gasteiger partial charge in [-0.25, -0.2) is 4.79 Å². The number of ketones is 2. The second-order valence-corrected chi connectivity index (χ2v) is 6.25. The highest BCUT2D eigenvalue weighted by atomic mass is 35.5. The molecular formula is C18H19ClN2O4. The van der Waals surface area contributed by atoms with E-state index in [-0.39, 0.29) is 17.9 Å². The minimum atomic E-state index is -1.74. The maximum absolute atomic E-state index is 13.1. The van der Waals surface area contributed by atoms with Crippen molar-refractivity contribution in [3.63, 3.8) is 0 Å². The fourth-order valence-corrected chi connectivity index (χ4v) is 3.14. The lowest BCUT2D eigenvalue weighted by molar-refractivity contribution is -0.132. The number of hydrogen-bond acceptors (Lipinski definition) is 5. The number of rotatable bonds is 7. The van der Waals surface area contributed by atoms with Crippen LogP contribution in [0.1, 0.15) is 45.1 Å². The smallest absolute Gasteiger partial charge is 0.360 e. The molecule has 1 aromatic carbocycles. The van der Waals surface area contributed by atoms with Gasteiger partial charge in [-0.3, -0.25) is 9.59 Å². The van der Waals surface area contributed by atoms with Crippen LogP contribution in [0.3, 0.4) is 0 Å². The molecule has 0 saturated heterocycles. The third-order valence-electron chi connectivity index (χ3n) is 4.12. The maximum atomic E-state index is 13.1. The lowest BCUT2D eigenvalue weighted by Gasteiger charge is -2.34. The van der Waals surface area contributed by atoms with Crippen LogP contribution in [0, 0.1) is 0 Å². The van der Waals surface area contributed by atoms with Crippen LogP contribution in [0.5, 0.6) is 0 Å². The lowest BCUT2D eigenvalue weighted by atomic mass is 9.66. The van der Waals surface area contributed by atoms with E-state index in [1.807, 2.05) is 13.8 Å². The predicted octanol–water partition coefficient (Wildman–Crippen LogP) is 3.21. The van der Waals surface area contributed by atoms with E-state index in [9.17, 15) is 19.5 Å². The van der Waals surface area contributed by atoms with Crippen LogP contribution in [-0.2, 0) is 19.8 Å². The van der Waals surface area contributed by atoms with E-state index >= 15 is 0 Å². The topological polar surface area (TPSA) is 96.2 Å². The second-order valence-electron chi connectivity index (χ2n) is 5.81. The monoisotopic (exact) mass is 362 g/mol. The number of nitrogens with zero attached hydrogens (tertiary/aromatic N) is 2. The average molecular weight is 363 g/mol. The Morgan fingerprint density at radius 1 is 1.12 bits per heavy atom. The summed E-state index contributed by atoms with van der Waals surface area (Å²) < 4.78 is 0. The molecule has 1 aromatic rings. The van der Waals surface area contributed by atoms with Gasteiger partial charge in [-0.1, -0.05) is 44.0 Å². The van der Waals surface area contributed by atoms with Crippen molar-refractivity contribution in [1.82, 2.24) is 0 Å². The molecule has 0 amide bonds. The fourth-order valence-electron chi connectivity index (χ4n) is 3.01. The zero-order valence-electron chi connectivity index (χ0n) is 14.1. The molecule has 6 nitrogen and oxygen atoms in total. The summed E-state index contributed by atoms with van der Waals surface area (Å²) in [6.45, 7) is 3.71. The first kappa shape index (κ1) is 19.0. The van der Waals surface area contributed by atoms with Gasteiger partial charge in [0.05, 0.1) is 5.71 Å². The number of carbonyl (C=O) groups is 3. The summed E-state index contributed by atoms with van der Waals surface area (Å²) in [7, 11) is 0.